The van der Waals surface area contributed by atoms with Gasteiger partial charge >= 0.3 is 0 Å². The van der Waals surface area contributed by atoms with Gasteiger partial charge in [-0.25, -0.2) is 13.4 Å². The molecule has 3 heterocycles. The Hall–Kier alpha value is -2.19. The Balaban J connectivity index is 1.45. The van der Waals surface area contributed by atoms with Crippen LogP contribution in [0, 0.1) is 5.92 Å². The summed E-state index contributed by atoms with van der Waals surface area (Å²) < 4.78 is 28.8. The molecule has 1 unspecified atom stereocenters. The van der Waals surface area contributed by atoms with Crippen LogP contribution in [0.25, 0.3) is 0 Å². The summed E-state index contributed by atoms with van der Waals surface area (Å²) in [5.41, 5.74) is 2.20. The third-order valence-corrected chi connectivity index (χ3v) is 7.61. The van der Waals surface area contributed by atoms with E-state index < -0.39 is 10.0 Å². The number of benzene rings is 1. The van der Waals surface area contributed by atoms with Crippen molar-refractivity contribution in [2.75, 3.05) is 18.0 Å². The maximum atomic E-state index is 13.2. The number of rotatable bonds is 4. The van der Waals surface area contributed by atoms with E-state index in [4.69, 9.17) is 0 Å². The maximum Gasteiger partial charge on any atom is 0.262 e. The summed E-state index contributed by atoms with van der Waals surface area (Å²) in [5, 5.41) is 0.0845. The fourth-order valence-electron chi connectivity index (χ4n) is 4.22. The summed E-state index contributed by atoms with van der Waals surface area (Å²) in [7, 11) is -3.60. The number of amides is 1. The number of para-hydroxylation sites is 1. The molecule has 1 saturated heterocycles. The van der Waals surface area contributed by atoms with Crippen LogP contribution in [-0.4, -0.2) is 47.3 Å². The van der Waals surface area contributed by atoms with Crippen LogP contribution in [0.15, 0.2) is 41.8 Å². The summed E-state index contributed by atoms with van der Waals surface area (Å²) in [5.74, 6) is -0.0296. The molecule has 1 atom stereocenters. The number of imidazole rings is 1. The Morgan fingerprint density at radius 1 is 1.21 bits per heavy atom. The van der Waals surface area contributed by atoms with Crippen molar-refractivity contribution in [2.45, 2.75) is 50.7 Å². The minimum absolute atomic E-state index is 0.0845. The van der Waals surface area contributed by atoms with Crippen molar-refractivity contribution in [1.29, 1.82) is 0 Å². The van der Waals surface area contributed by atoms with Crippen LogP contribution in [0.2, 0.25) is 0 Å². The minimum Gasteiger partial charge on any atom is -0.336 e. The molecule has 8 heteroatoms. The first-order chi connectivity index (χ1) is 13.4. The first-order valence-corrected chi connectivity index (χ1v) is 11.3. The summed E-state index contributed by atoms with van der Waals surface area (Å²) >= 11 is 0. The normalized spacial score (nSPS) is 21.1. The second-order valence-corrected chi connectivity index (χ2v) is 9.50. The molecule has 1 amide bonds. The molecule has 4 rings (SSSR count). The zero-order chi connectivity index (χ0) is 19.9. The average molecular weight is 403 g/mol. The Kier molecular flexibility index (Phi) is 5.01. The first kappa shape index (κ1) is 19.1. The molecule has 150 valence electrons. The Morgan fingerprint density at radius 3 is 2.61 bits per heavy atom. The lowest BCUT2D eigenvalue weighted by molar-refractivity contribution is -0.123. The standard InChI is InChI=1S/C20H26N4O3S/c1-3-22-13-19(21-14-22)28(26,27)23-10-8-16(9-11-23)20(25)24-15(2)12-17-6-4-5-7-18(17)24/h4-7,13-16H,3,8-12H2,1-2H3. The zero-order valence-corrected chi connectivity index (χ0v) is 17.1. The molecule has 1 aromatic heterocycles. The molecule has 1 aromatic carbocycles. The number of anilines is 1. The lowest BCUT2D eigenvalue weighted by Crippen LogP contribution is -2.46. The van der Waals surface area contributed by atoms with Gasteiger partial charge in [-0.05, 0) is 44.7 Å². The van der Waals surface area contributed by atoms with Crippen molar-refractivity contribution in [3.63, 3.8) is 0 Å². The summed E-state index contributed by atoms with van der Waals surface area (Å²) in [6.45, 7) is 5.38. The number of aromatic nitrogens is 2. The summed E-state index contributed by atoms with van der Waals surface area (Å²) in [6, 6.07) is 8.18. The van der Waals surface area contributed by atoms with Gasteiger partial charge < -0.3 is 9.47 Å². The van der Waals surface area contributed by atoms with Crippen LogP contribution in [0.5, 0.6) is 0 Å². The van der Waals surface area contributed by atoms with E-state index in [-0.39, 0.29) is 22.9 Å². The monoisotopic (exact) mass is 402 g/mol. The van der Waals surface area contributed by atoms with Crippen LogP contribution in [0.1, 0.15) is 32.3 Å². The number of carbonyl (C=O) groups excluding carboxylic acids is 1. The van der Waals surface area contributed by atoms with Crippen LogP contribution in [-0.2, 0) is 27.8 Å². The van der Waals surface area contributed by atoms with Crippen molar-refractivity contribution >= 4 is 21.6 Å². The van der Waals surface area contributed by atoms with Gasteiger partial charge in [-0.2, -0.15) is 4.31 Å². The fraction of sp³-hybridized carbons (Fsp3) is 0.500. The zero-order valence-electron chi connectivity index (χ0n) is 16.3. The van der Waals surface area contributed by atoms with E-state index in [0.29, 0.717) is 32.5 Å². The molecule has 0 spiro atoms. The van der Waals surface area contributed by atoms with Gasteiger partial charge in [0.1, 0.15) is 0 Å². The molecule has 2 aliphatic heterocycles. The predicted molar refractivity (Wildman–Crippen MR) is 106 cm³/mol. The summed E-state index contributed by atoms with van der Waals surface area (Å²) in [6.07, 6.45) is 5.05. The van der Waals surface area contributed by atoms with Gasteiger partial charge in [-0.1, -0.05) is 18.2 Å². The molecular formula is C20H26N4O3S. The molecule has 0 radical (unpaired) electrons. The average Bonchev–Trinajstić information content (AvgIpc) is 3.31. The smallest absolute Gasteiger partial charge is 0.262 e. The van der Waals surface area contributed by atoms with Gasteiger partial charge in [0.15, 0.2) is 5.03 Å². The van der Waals surface area contributed by atoms with E-state index in [0.717, 1.165) is 12.1 Å². The lowest BCUT2D eigenvalue weighted by atomic mass is 9.96. The molecule has 0 saturated carbocycles. The number of nitrogens with zero attached hydrogens (tertiary/aromatic N) is 4. The van der Waals surface area contributed by atoms with Gasteiger partial charge in [-0.3, -0.25) is 4.79 Å². The van der Waals surface area contributed by atoms with Crippen LogP contribution in [0.3, 0.4) is 0 Å². The van der Waals surface area contributed by atoms with Gasteiger partial charge in [0.2, 0.25) is 5.91 Å². The fourth-order valence-corrected chi connectivity index (χ4v) is 5.62. The van der Waals surface area contributed by atoms with E-state index in [1.54, 1.807) is 10.8 Å². The van der Waals surface area contributed by atoms with Crippen molar-refractivity contribution in [3.05, 3.63) is 42.4 Å². The second-order valence-electron chi connectivity index (χ2n) is 7.61. The van der Waals surface area contributed by atoms with Crippen molar-refractivity contribution in [1.82, 2.24) is 13.9 Å². The highest BCUT2D eigenvalue weighted by Gasteiger charge is 2.38. The molecule has 0 N–H and O–H groups in total. The van der Waals surface area contributed by atoms with Gasteiger partial charge in [0, 0.05) is 43.5 Å². The Morgan fingerprint density at radius 2 is 1.93 bits per heavy atom. The molecule has 2 aromatic rings. The highest BCUT2D eigenvalue weighted by Crippen LogP contribution is 2.35. The lowest BCUT2D eigenvalue weighted by Gasteiger charge is -2.33. The predicted octanol–water partition coefficient (Wildman–Crippen LogP) is 2.28. The molecule has 0 aliphatic carbocycles. The maximum absolute atomic E-state index is 13.2. The molecule has 1 fully saturated rings. The quantitative estimate of drug-likeness (QED) is 0.786. The molecular weight excluding hydrogens is 376 g/mol. The van der Waals surface area contributed by atoms with E-state index in [9.17, 15) is 13.2 Å². The Bertz CT molecular complexity index is 977. The van der Waals surface area contributed by atoms with Crippen LogP contribution in [0.4, 0.5) is 5.69 Å². The molecule has 2 aliphatic rings. The number of hydrogen-bond acceptors (Lipinski definition) is 4. The van der Waals surface area contributed by atoms with Crippen molar-refractivity contribution in [2.24, 2.45) is 5.92 Å². The number of fused-ring (bicyclic) bond motifs is 1. The van der Waals surface area contributed by atoms with Crippen molar-refractivity contribution < 1.29 is 13.2 Å². The van der Waals surface area contributed by atoms with Crippen LogP contribution < -0.4 is 4.90 Å². The topological polar surface area (TPSA) is 75.5 Å². The third-order valence-electron chi connectivity index (χ3n) is 5.83. The third kappa shape index (κ3) is 3.24. The van der Waals surface area contributed by atoms with Crippen molar-refractivity contribution in [3.8, 4) is 0 Å². The largest absolute Gasteiger partial charge is 0.336 e. The summed E-state index contributed by atoms with van der Waals surface area (Å²) in [4.78, 5) is 19.1. The van der Waals surface area contributed by atoms with Crippen LogP contribution >= 0.6 is 0 Å². The number of carbonyl (C=O) groups is 1. The number of aryl methyl sites for hydroxylation is 1. The molecule has 0 bridgehead atoms. The van der Waals surface area contributed by atoms with Gasteiger partial charge in [0.25, 0.3) is 10.0 Å². The highest BCUT2D eigenvalue weighted by molar-refractivity contribution is 7.89. The highest BCUT2D eigenvalue weighted by atomic mass is 32.2. The van der Waals surface area contributed by atoms with E-state index in [1.807, 2.05) is 30.0 Å². The second kappa shape index (κ2) is 7.33. The molecule has 28 heavy (non-hydrogen) atoms. The number of sulfonamides is 1. The van der Waals surface area contributed by atoms with E-state index in [1.165, 1.54) is 16.2 Å². The van der Waals surface area contributed by atoms with Gasteiger partial charge in [0.05, 0.1) is 6.33 Å². The number of piperidine rings is 1. The van der Waals surface area contributed by atoms with E-state index >= 15 is 0 Å². The number of hydrogen-bond donors (Lipinski definition) is 0. The van der Waals surface area contributed by atoms with Gasteiger partial charge in [-0.15, -0.1) is 0 Å². The Labute approximate surface area is 166 Å². The molecule has 7 nitrogen and oxygen atoms in total. The first-order valence-electron chi connectivity index (χ1n) is 9.84. The minimum atomic E-state index is -3.60. The SMILES string of the molecule is CCn1cnc(S(=O)(=O)N2CCC(C(=O)N3c4ccccc4CC3C)CC2)c1. The van der Waals surface area contributed by atoms with E-state index in [2.05, 4.69) is 18.0 Å².